The maximum absolute atomic E-state index is 7.33. The van der Waals surface area contributed by atoms with Crippen molar-refractivity contribution in [2.75, 3.05) is 23.0 Å². The van der Waals surface area contributed by atoms with Crippen LogP contribution < -0.4 is 4.90 Å². The monoisotopic (exact) mass is 213 g/mol. The van der Waals surface area contributed by atoms with Gasteiger partial charge in [0.15, 0.2) is 5.13 Å². The maximum atomic E-state index is 7.33. The van der Waals surface area contributed by atoms with Gasteiger partial charge in [-0.15, -0.1) is 11.3 Å². The summed E-state index contributed by atoms with van der Waals surface area (Å²) in [4.78, 5) is 6.49. The Hall–Kier alpha value is -0.550. The molecule has 1 aromatic heterocycles. The van der Waals surface area contributed by atoms with Crippen LogP contribution in [0.2, 0.25) is 0 Å². The van der Waals surface area contributed by atoms with Gasteiger partial charge in [0.25, 0.3) is 0 Å². The van der Waals surface area contributed by atoms with Gasteiger partial charge >= 0.3 is 0 Å². The lowest BCUT2D eigenvalue weighted by Gasteiger charge is -2.32. The second-order valence-corrected chi connectivity index (χ2v) is 4.84. The van der Waals surface area contributed by atoms with E-state index in [4.69, 9.17) is 5.41 Å². The van der Waals surface area contributed by atoms with Crippen LogP contribution in [-0.2, 0) is 0 Å². The molecular formula is C8H11N3S2. The molecule has 0 saturated carbocycles. The van der Waals surface area contributed by atoms with Crippen LogP contribution in [0.5, 0.6) is 0 Å². The lowest BCUT2D eigenvalue weighted by molar-refractivity contribution is 0.784. The highest BCUT2D eigenvalue weighted by molar-refractivity contribution is 7.99. The fourth-order valence-corrected chi connectivity index (χ4v) is 3.09. The van der Waals surface area contributed by atoms with Crippen molar-refractivity contribution in [3.05, 3.63) is 11.6 Å². The minimum absolute atomic E-state index is 0.241. The van der Waals surface area contributed by atoms with Gasteiger partial charge in [-0.25, -0.2) is 4.98 Å². The summed E-state index contributed by atoms with van der Waals surface area (Å²) in [7, 11) is 0. The van der Waals surface area contributed by atoms with Gasteiger partial charge in [-0.2, -0.15) is 11.8 Å². The molecule has 0 spiro atoms. The van der Waals surface area contributed by atoms with E-state index in [1.165, 1.54) is 6.21 Å². The Bertz CT molecular complexity index is 273. The number of nitrogens with one attached hydrogen (secondary N) is 1. The molecule has 0 bridgehead atoms. The Morgan fingerprint density at radius 1 is 1.69 bits per heavy atom. The molecule has 0 radical (unpaired) electrons. The lowest BCUT2D eigenvalue weighted by atomic mass is 10.3. The molecule has 2 rings (SSSR count). The number of anilines is 1. The second kappa shape index (κ2) is 4.11. The summed E-state index contributed by atoms with van der Waals surface area (Å²) < 4.78 is 0. The average Bonchev–Trinajstić information content (AvgIpc) is 2.70. The third-order valence-corrected chi connectivity index (χ3v) is 3.88. The summed E-state index contributed by atoms with van der Waals surface area (Å²) in [6.45, 7) is 1.01. The molecule has 1 aliphatic rings. The van der Waals surface area contributed by atoms with Crippen molar-refractivity contribution in [3.63, 3.8) is 0 Å². The maximum Gasteiger partial charge on any atom is 0.185 e. The van der Waals surface area contributed by atoms with Crippen LogP contribution in [0.1, 0.15) is 0 Å². The summed E-state index contributed by atoms with van der Waals surface area (Å²) in [6, 6.07) is 0.241. The molecule has 0 amide bonds. The second-order valence-electron chi connectivity index (χ2n) is 2.82. The predicted molar refractivity (Wildman–Crippen MR) is 59.4 cm³/mol. The molecule has 1 aliphatic heterocycles. The van der Waals surface area contributed by atoms with Gasteiger partial charge in [0, 0.05) is 35.8 Å². The van der Waals surface area contributed by atoms with Crippen LogP contribution in [0.3, 0.4) is 0 Å². The van der Waals surface area contributed by atoms with E-state index in [2.05, 4.69) is 9.88 Å². The van der Waals surface area contributed by atoms with Crippen molar-refractivity contribution in [1.29, 1.82) is 5.41 Å². The number of rotatable bonds is 2. The van der Waals surface area contributed by atoms with E-state index >= 15 is 0 Å². The third kappa shape index (κ3) is 1.86. The first-order valence-corrected chi connectivity index (χ1v) is 6.19. The molecule has 0 aliphatic carbocycles. The van der Waals surface area contributed by atoms with Crippen LogP contribution >= 0.6 is 23.1 Å². The summed E-state index contributed by atoms with van der Waals surface area (Å²) in [5, 5.41) is 10.4. The van der Waals surface area contributed by atoms with Crippen molar-refractivity contribution in [2.24, 2.45) is 0 Å². The number of nitrogens with zero attached hydrogens (tertiary/aromatic N) is 2. The zero-order chi connectivity index (χ0) is 9.10. The number of hydrogen-bond donors (Lipinski definition) is 1. The minimum Gasteiger partial charge on any atom is -0.338 e. The number of aromatic nitrogens is 1. The quantitative estimate of drug-likeness (QED) is 0.760. The van der Waals surface area contributed by atoms with Gasteiger partial charge in [0.1, 0.15) is 0 Å². The molecule has 0 aromatic carbocycles. The molecule has 1 atom stereocenters. The fourth-order valence-electron chi connectivity index (χ4n) is 1.36. The molecule has 2 heterocycles. The van der Waals surface area contributed by atoms with Gasteiger partial charge in [0.2, 0.25) is 0 Å². The number of thioether (sulfide) groups is 1. The van der Waals surface area contributed by atoms with Crippen LogP contribution in [0, 0.1) is 5.41 Å². The largest absolute Gasteiger partial charge is 0.338 e. The van der Waals surface area contributed by atoms with Gasteiger partial charge in [-0.3, -0.25) is 0 Å². The Balaban J connectivity index is 2.15. The summed E-state index contributed by atoms with van der Waals surface area (Å²) in [6.07, 6.45) is 3.34. The first-order chi connectivity index (χ1) is 6.42. The van der Waals surface area contributed by atoms with Crippen LogP contribution in [0.15, 0.2) is 11.6 Å². The van der Waals surface area contributed by atoms with Crippen LogP contribution in [0.4, 0.5) is 5.13 Å². The molecule has 13 heavy (non-hydrogen) atoms. The smallest absolute Gasteiger partial charge is 0.185 e. The van der Waals surface area contributed by atoms with Crippen molar-refractivity contribution in [3.8, 4) is 0 Å². The Morgan fingerprint density at radius 2 is 2.62 bits per heavy atom. The molecule has 1 unspecified atom stereocenters. The Morgan fingerprint density at radius 3 is 3.31 bits per heavy atom. The number of hydrogen-bond acceptors (Lipinski definition) is 5. The first-order valence-electron chi connectivity index (χ1n) is 4.16. The number of thiazole rings is 1. The first kappa shape index (κ1) is 9.02. The van der Waals surface area contributed by atoms with Gasteiger partial charge in [0.05, 0.1) is 6.04 Å². The highest BCUT2D eigenvalue weighted by Crippen LogP contribution is 2.24. The third-order valence-electron chi connectivity index (χ3n) is 2.02. The van der Waals surface area contributed by atoms with Gasteiger partial charge < -0.3 is 10.3 Å². The highest BCUT2D eigenvalue weighted by Gasteiger charge is 2.22. The summed E-state index contributed by atoms with van der Waals surface area (Å²) in [5.41, 5.74) is 0. The highest BCUT2D eigenvalue weighted by atomic mass is 32.2. The van der Waals surface area contributed by atoms with Crippen molar-refractivity contribution >= 4 is 34.4 Å². The van der Waals surface area contributed by atoms with E-state index in [0.717, 1.165) is 23.2 Å². The zero-order valence-corrected chi connectivity index (χ0v) is 8.77. The Labute approximate surface area is 85.7 Å². The summed E-state index contributed by atoms with van der Waals surface area (Å²) >= 11 is 3.56. The lowest BCUT2D eigenvalue weighted by Crippen LogP contribution is -2.43. The van der Waals surface area contributed by atoms with E-state index in [1.54, 1.807) is 11.3 Å². The molecule has 70 valence electrons. The van der Waals surface area contributed by atoms with E-state index in [0.29, 0.717) is 0 Å². The van der Waals surface area contributed by atoms with Gasteiger partial charge in [-0.05, 0) is 0 Å². The molecule has 1 fully saturated rings. The minimum atomic E-state index is 0.241. The van der Waals surface area contributed by atoms with E-state index in [9.17, 15) is 0 Å². The standard InChI is InChI=1S/C8H11N3S2/c9-5-7-6-12-4-2-11(7)8-10-1-3-13-8/h1,3,5,7,9H,2,4,6H2. The molecule has 1 aromatic rings. The van der Waals surface area contributed by atoms with E-state index in [-0.39, 0.29) is 6.04 Å². The van der Waals surface area contributed by atoms with E-state index < -0.39 is 0 Å². The van der Waals surface area contributed by atoms with Crippen molar-refractivity contribution < 1.29 is 0 Å². The fraction of sp³-hybridized carbons (Fsp3) is 0.500. The SMILES string of the molecule is N=CC1CSCCN1c1nccs1. The van der Waals surface area contributed by atoms with Crippen molar-refractivity contribution in [2.45, 2.75) is 6.04 Å². The Kier molecular flexibility index (Phi) is 2.85. The topological polar surface area (TPSA) is 40.0 Å². The van der Waals surface area contributed by atoms with Crippen LogP contribution in [0.25, 0.3) is 0 Å². The zero-order valence-electron chi connectivity index (χ0n) is 7.14. The van der Waals surface area contributed by atoms with E-state index in [1.807, 2.05) is 23.3 Å². The molecule has 5 heteroatoms. The molecule has 3 nitrogen and oxygen atoms in total. The van der Waals surface area contributed by atoms with Gasteiger partial charge in [-0.1, -0.05) is 0 Å². The normalized spacial score (nSPS) is 23.1. The predicted octanol–water partition coefficient (Wildman–Crippen LogP) is 1.71. The van der Waals surface area contributed by atoms with Crippen molar-refractivity contribution in [1.82, 2.24) is 4.98 Å². The van der Waals surface area contributed by atoms with Crippen LogP contribution in [-0.4, -0.2) is 35.3 Å². The average molecular weight is 213 g/mol. The molecule has 1 saturated heterocycles. The summed E-state index contributed by atoms with van der Waals surface area (Å²) in [5.74, 6) is 2.16. The molecule has 1 N–H and O–H groups in total. The molecular weight excluding hydrogens is 202 g/mol.